The molecule has 1 aromatic rings. The monoisotopic (exact) mass is 278 g/mol. The molecule has 1 unspecified atom stereocenters. The number of hydrogen-bond acceptors (Lipinski definition) is 3. The van der Waals surface area contributed by atoms with Crippen LogP contribution in [-0.4, -0.2) is 22.9 Å². The highest BCUT2D eigenvalue weighted by molar-refractivity contribution is 7.12. The molecule has 1 spiro atoms. The number of amides is 1. The summed E-state index contributed by atoms with van der Waals surface area (Å²) in [6, 6.07) is 4.29. The van der Waals surface area contributed by atoms with Crippen LogP contribution in [-0.2, 0) is 4.79 Å². The van der Waals surface area contributed by atoms with Crippen LogP contribution in [0.4, 0.5) is 0 Å². The summed E-state index contributed by atoms with van der Waals surface area (Å²) >= 11 is 1.79. The van der Waals surface area contributed by atoms with E-state index in [-0.39, 0.29) is 17.1 Å². The third-order valence-corrected chi connectivity index (χ3v) is 4.87. The van der Waals surface area contributed by atoms with E-state index in [9.17, 15) is 4.79 Å². The van der Waals surface area contributed by atoms with Crippen molar-refractivity contribution in [3.63, 3.8) is 0 Å². The highest BCUT2D eigenvalue weighted by Crippen LogP contribution is 2.47. The van der Waals surface area contributed by atoms with Gasteiger partial charge >= 0.3 is 0 Å². The second kappa shape index (κ2) is 4.06. The van der Waals surface area contributed by atoms with Crippen molar-refractivity contribution in [1.29, 1.82) is 0 Å². The molecule has 3 rings (SSSR count). The Kier molecular flexibility index (Phi) is 2.81. The van der Waals surface area contributed by atoms with Crippen molar-refractivity contribution < 1.29 is 4.79 Å². The lowest BCUT2D eigenvalue weighted by atomic mass is 9.95. The first-order valence-electron chi connectivity index (χ1n) is 6.96. The van der Waals surface area contributed by atoms with Gasteiger partial charge in [0.15, 0.2) is 0 Å². The van der Waals surface area contributed by atoms with E-state index in [1.807, 2.05) is 0 Å². The minimum Gasteiger partial charge on any atom is -0.320 e. The second-order valence-corrected chi connectivity index (χ2v) is 8.39. The predicted octanol–water partition coefficient (Wildman–Crippen LogP) is 3.07. The zero-order valence-corrected chi connectivity index (χ0v) is 12.9. The molecule has 1 saturated carbocycles. The first-order chi connectivity index (χ1) is 8.81. The van der Waals surface area contributed by atoms with Crippen LogP contribution in [0.2, 0.25) is 0 Å². The maximum atomic E-state index is 12.6. The molecule has 1 saturated heterocycles. The van der Waals surface area contributed by atoms with E-state index in [1.54, 1.807) is 11.3 Å². The van der Waals surface area contributed by atoms with Gasteiger partial charge in [-0.1, -0.05) is 20.8 Å². The zero-order chi connectivity index (χ0) is 13.8. The maximum absolute atomic E-state index is 12.6. The second-order valence-electron chi connectivity index (χ2n) is 7.07. The molecule has 0 bridgehead atoms. The number of nitrogens with one attached hydrogen (secondary N) is 1. The zero-order valence-electron chi connectivity index (χ0n) is 12.1. The predicted molar refractivity (Wildman–Crippen MR) is 78.1 cm³/mol. The number of thiophene rings is 1. The molecule has 2 aliphatic rings. The van der Waals surface area contributed by atoms with E-state index in [0.29, 0.717) is 5.91 Å². The molecule has 104 valence electrons. The minimum absolute atomic E-state index is 0.0768. The molecule has 2 fully saturated rings. The van der Waals surface area contributed by atoms with Crippen LogP contribution in [0.3, 0.4) is 0 Å². The molecule has 3 nitrogen and oxygen atoms in total. The smallest absolute Gasteiger partial charge is 0.244 e. The molecule has 4 heteroatoms. The van der Waals surface area contributed by atoms with Crippen molar-refractivity contribution in [2.45, 2.75) is 52.2 Å². The van der Waals surface area contributed by atoms with Gasteiger partial charge in [-0.15, -0.1) is 11.3 Å². The summed E-state index contributed by atoms with van der Waals surface area (Å²) in [7, 11) is 0. The summed E-state index contributed by atoms with van der Waals surface area (Å²) < 4.78 is 0. The van der Waals surface area contributed by atoms with Gasteiger partial charge in [0, 0.05) is 16.3 Å². The van der Waals surface area contributed by atoms with E-state index >= 15 is 0 Å². The van der Waals surface area contributed by atoms with Gasteiger partial charge < -0.3 is 4.90 Å². The van der Waals surface area contributed by atoms with Gasteiger partial charge in [-0.05, 0) is 37.3 Å². The van der Waals surface area contributed by atoms with Crippen molar-refractivity contribution >= 4 is 17.2 Å². The van der Waals surface area contributed by atoms with Crippen molar-refractivity contribution in [2.24, 2.45) is 5.41 Å². The van der Waals surface area contributed by atoms with E-state index in [2.05, 4.69) is 50.0 Å². The molecule has 1 amide bonds. The van der Waals surface area contributed by atoms with Crippen LogP contribution in [0.25, 0.3) is 0 Å². The van der Waals surface area contributed by atoms with Crippen LogP contribution < -0.4 is 5.32 Å². The Hall–Kier alpha value is -0.870. The van der Waals surface area contributed by atoms with Crippen LogP contribution in [0.1, 0.15) is 49.5 Å². The van der Waals surface area contributed by atoms with Gasteiger partial charge in [0.05, 0.1) is 0 Å². The summed E-state index contributed by atoms with van der Waals surface area (Å²) in [6.07, 6.45) is 2.06. The Balaban J connectivity index is 1.90. The van der Waals surface area contributed by atoms with E-state index in [1.165, 1.54) is 9.75 Å². The fourth-order valence-corrected chi connectivity index (χ4v) is 3.72. The molecule has 1 N–H and O–H groups in total. The first kappa shape index (κ1) is 13.1. The molecule has 19 heavy (non-hydrogen) atoms. The van der Waals surface area contributed by atoms with Crippen molar-refractivity contribution in [2.75, 3.05) is 6.54 Å². The molecule has 0 radical (unpaired) electrons. The number of rotatable bonds is 2. The van der Waals surface area contributed by atoms with Crippen LogP contribution in [0.5, 0.6) is 0 Å². The summed E-state index contributed by atoms with van der Waals surface area (Å²) in [5.41, 5.74) is -0.101. The summed E-state index contributed by atoms with van der Waals surface area (Å²) in [4.78, 5) is 17.2. The van der Waals surface area contributed by atoms with Gasteiger partial charge in [-0.3, -0.25) is 10.1 Å². The molecular formula is C15H22N2OS. The lowest BCUT2D eigenvalue weighted by Gasteiger charge is -2.30. The van der Waals surface area contributed by atoms with Gasteiger partial charge in [0.1, 0.15) is 11.7 Å². The number of carbonyl (C=O) groups excluding carboxylic acids is 1. The van der Waals surface area contributed by atoms with Gasteiger partial charge in [0.2, 0.25) is 5.91 Å². The highest BCUT2D eigenvalue weighted by Gasteiger charge is 2.59. The first-order valence-corrected chi connectivity index (χ1v) is 7.78. The van der Waals surface area contributed by atoms with Crippen LogP contribution in [0, 0.1) is 12.3 Å². The largest absolute Gasteiger partial charge is 0.320 e. The van der Waals surface area contributed by atoms with Gasteiger partial charge in [-0.2, -0.15) is 0 Å². The highest BCUT2D eigenvalue weighted by atomic mass is 32.1. The molecule has 1 aliphatic carbocycles. The van der Waals surface area contributed by atoms with Crippen molar-refractivity contribution in [3.05, 3.63) is 21.9 Å². The lowest BCUT2D eigenvalue weighted by Crippen LogP contribution is -2.37. The van der Waals surface area contributed by atoms with Gasteiger partial charge in [-0.25, -0.2) is 0 Å². The normalized spacial score (nSPS) is 25.4. The summed E-state index contributed by atoms with van der Waals surface area (Å²) in [5.74, 6) is 0.304. The fraction of sp³-hybridized carbons (Fsp3) is 0.667. The maximum Gasteiger partial charge on any atom is 0.244 e. The third kappa shape index (κ3) is 2.32. The van der Waals surface area contributed by atoms with Crippen LogP contribution >= 0.6 is 11.3 Å². The standard InChI is InChI=1S/C15H22N2OS/c1-10-5-6-11(19-10)12-16-15(7-8-15)13(18)17(12)9-14(2,3)4/h5-6,12,16H,7-9H2,1-4H3. The SMILES string of the molecule is Cc1ccc(C2NC3(CC3)C(=O)N2CC(C)(C)C)s1. The Morgan fingerprint density at radius 2 is 2.11 bits per heavy atom. The molecule has 0 aromatic carbocycles. The number of aryl methyl sites for hydroxylation is 1. The number of hydrogen-bond donors (Lipinski definition) is 1. The Labute approximate surface area is 119 Å². The Bertz CT molecular complexity index is 510. The quantitative estimate of drug-likeness (QED) is 0.901. The lowest BCUT2D eigenvalue weighted by molar-refractivity contribution is -0.132. The van der Waals surface area contributed by atoms with E-state index in [0.717, 1.165) is 19.4 Å². The van der Waals surface area contributed by atoms with Gasteiger partial charge in [0.25, 0.3) is 0 Å². The molecular weight excluding hydrogens is 256 g/mol. The van der Waals surface area contributed by atoms with Crippen molar-refractivity contribution in [3.8, 4) is 0 Å². The number of nitrogens with zero attached hydrogens (tertiary/aromatic N) is 1. The van der Waals surface area contributed by atoms with Crippen LogP contribution in [0.15, 0.2) is 12.1 Å². The van der Waals surface area contributed by atoms with E-state index < -0.39 is 0 Å². The molecule has 1 atom stereocenters. The van der Waals surface area contributed by atoms with Crippen molar-refractivity contribution in [1.82, 2.24) is 10.2 Å². The fourth-order valence-electron chi connectivity index (χ4n) is 2.78. The summed E-state index contributed by atoms with van der Waals surface area (Å²) in [5, 5.41) is 3.58. The van der Waals surface area contributed by atoms with E-state index in [4.69, 9.17) is 0 Å². The Morgan fingerprint density at radius 3 is 2.58 bits per heavy atom. The molecule has 1 aromatic heterocycles. The average molecular weight is 278 g/mol. The molecule has 2 heterocycles. The topological polar surface area (TPSA) is 32.3 Å². The average Bonchev–Trinajstić information content (AvgIpc) is 2.89. The number of carbonyl (C=O) groups is 1. The minimum atomic E-state index is -0.228. The summed E-state index contributed by atoms with van der Waals surface area (Å²) in [6.45, 7) is 9.49. The Morgan fingerprint density at radius 1 is 1.42 bits per heavy atom. The third-order valence-electron chi connectivity index (χ3n) is 3.82. The molecule has 1 aliphatic heterocycles.